The number of hydrogen-bond acceptors (Lipinski definition) is 15. The molecule has 17 nitrogen and oxygen atoms in total. The third kappa shape index (κ3) is 72.4. The molecule has 0 aromatic carbocycles. The van der Waals surface area contributed by atoms with E-state index in [1.54, 1.807) is 0 Å². The molecule has 19 heteroatoms. The largest absolute Gasteiger partial charge is 0.472 e. The number of ether oxygens (including phenoxy) is 4. The first-order chi connectivity index (χ1) is 47.2. The van der Waals surface area contributed by atoms with Gasteiger partial charge in [-0.05, 0) is 43.4 Å². The van der Waals surface area contributed by atoms with Crippen molar-refractivity contribution >= 4 is 39.5 Å². The van der Waals surface area contributed by atoms with Crippen LogP contribution < -0.4 is 0 Å². The number of carbonyl (C=O) groups excluding carboxylic acids is 4. The van der Waals surface area contributed by atoms with Gasteiger partial charge >= 0.3 is 39.5 Å². The van der Waals surface area contributed by atoms with Crippen LogP contribution in [0.2, 0.25) is 0 Å². The minimum absolute atomic E-state index is 0.107. The molecule has 582 valence electrons. The summed E-state index contributed by atoms with van der Waals surface area (Å²) in [6.45, 7) is 11.9. The highest BCUT2D eigenvalue weighted by Gasteiger charge is 2.30. The second kappa shape index (κ2) is 69.4. The second-order valence-corrected chi connectivity index (χ2v) is 32.8. The lowest BCUT2D eigenvalue weighted by atomic mass is 10.0. The van der Waals surface area contributed by atoms with Crippen LogP contribution in [0.3, 0.4) is 0 Å². The second-order valence-electron chi connectivity index (χ2n) is 29.9. The zero-order valence-electron chi connectivity index (χ0n) is 64.3. The smallest absolute Gasteiger partial charge is 0.462 e. The average molecular weight is 1440 g/mol. The van der Waals surface area contributed by atoms with Crippen LogP contribution in [0.25, 0.3) is 0 Å². The normalized spacial score (nSPS) is 14.0. The van der Waals surface area contributed by atoms with Crippen molar-refractivity contribution in [3.05, 3.63) is 0 Å². The van der Waals surface area contributed by atoms with Gasteiger partial charge in [0.2, 0.25) is 0 Å². The number of aliphatic hydroxyl groups is 1. The summed E-state index contributed by atoms with van der Waals surface area (Å²) >= 11 is 0. The molecule has 3 N–H and O–H groups in total. The fourth-order valence-corrected chi connectivity index (χ4v) is 13.7. The highest BCUT2D eigenvalue weighted by molar-refractivity contribution is 7.47. The Bertz CT molecular complexity index is 1900. The summed E-state index contributed by atoms with van der Waals surface area (Å²) in [4.78, 5) is 73.0. The highest BCUT2D eigenvalue weighted by atomic mass is 31.2. The van der Waals surface area contributed by atoms with Crippen molar-refractivity contribution in [2.45, 2.75) is 426 Å². The van der Waals surface area contributed by atoms with Crippen LogP contribution in [-0.2, 0) is 65.4 Å². The van der Waals surface area contributed by atoms with E-state index in [1.165, 1.54) is 218 Å². The van der Waals surface area contributed by atoms with Crippen molar-refractivity contribution in [1.29, 1.82) is 0 Å². The first kappa shape index (κ1) is 96.1. The van der Waals surface area contributed by atoms with Gasteiger partial charge in [-0.15, -0.1) is 0 Å². The molecule has 0 aliphatic carbocycles. The molecule has 0 saturated heterocycles. The van der Waals surface area contributed by atoms with Gasteiger partial charge in [-0.25, -0.2) is 9.13 Å². The predicted octanol–water partition coefficient (Wildman–Crippen LogP) is 23.4. The lowest BCUT2D eigenvalue weighted by Gasteiger charge is -2.21. The summed E-state index contributed by atoms with van der Waals surface area (Å²) in [5, 5.41) is 10.6. The van der Waals surface area contributed by atoms with Crippen molar-refractivity contribution in [2.24, 2.45) is 17.8 Å². The van der Waals surface area contributed by atoms with Crippen LogP contribution in [0, 0.1) is 17.8 Å². The predicted molar refractivity (Wildman–Crippen MR) is 400 cm³/mol. The van der Waals surface area contributed by atoms with Gasteiger partial charge in [-0.2, -0.15) is 0 Å². The molecule has 0 aromatic heterocycles. The Morgan fingerprint density at radius 2 is 0.469 bits per heavy atom. The molecular formula is C79H154O17P2. The van der Waals surface area contributed by atoms with Crippen molar-refractivity contribution in [1.82, 2.24) is 0 Å². The Balaban J connectivity index is 5.25. The molecule has 0 amide bonds. The van der Waals surface area contributed by atoms with Crippen molar-refractivity contribution < 1.29 is 80.2 Å². The Morgan fingerprint density at radius 1 is 0.276 bits per heavy atom. The minimum Gasteiger partial charge on any atom is -0.462 e. The Kier molecular flexibility index (Phi) is 68.1. The SMILES string of the molecule is CCCCCCCCCCCCCCCC(=O)O[C@H](COC(=O)CCCCCCCCCCC(C)C)COP(=O)(O)OC[C@H](O)COP(=O)(O)OC[C@@H](COC(=O)CCCCCCCCCCCCCCCC(C)C)OC(=O)CCCCCCCCCCCCCCCCCC(C)C. The van der Waals surface area contributed by atoms with E-state index in [0.717, 1.165) is 108 Å². The molecule has 0 fully saturated rings. The number of unbranched alkanes of at least 4 members (excludes halogenated alkanes) is 45. The number of phosphoric acid groups is 2. The van der Waals surface area contributed by atoms with Gasteiger partial charge in [0, 0.05) is 25.7 Å². The minimum atomic E-state index is -4.96. The number of rotatable bonds is 77. The average Bonchev–Trinajstić information content (AvgIpc) is 0.976. The molecule has 0 heterocycles. The van der Waals surface area contributed by atoms with E-state index in [0.29, 0.717) is 25.7 Å². The molecular weight excluding hydrogens is 1280 g/mol. The van der Waals surface area contributed by atoms with Gasteiger partial charge in [0.05, 0.1) is 26.4 Å². The topological polar surface area (TPSA) is 237 Å². The molecule has 0 aliphatic heterocycles. The lowest BCUT2D eigenvalue weighted by Crippen LogP contribution is -2.30. The fraction of sp³-hybridized carbons (Fsp3) is 0.949. The first-order valence-corrected chi connectivity index (χ1v) is 43.8. The van der Waals surface area contributed by atoms with E-state index in [-0.39, 0.29) is 25.7 Å². The van der Waals surface area contributed by atoms with Crippen LogP contribution in [0.15, 0.2) is 0 Å². The molecule has 0 radical (unpaired) electrons. The molecule has 0 aliphatic rings. The molecule has 0 spiro atoms. The third-order valence-electron chi connectivity index (χ3n) is 18.4. The van der Waals surface area contributed by atoms with Gasteiger partial charge in [0.25, 0.3) is 0 Å². The van der Waals surface area contributed by atoms with Crippen LogP contribution >= 0.6 is 15.6 Å². The summed E-state index contributed by atoms with van der Waals surface area (Å²) in [7, 11) is -9.92. The summed E-state index contributed by atoms with van der Waals surface area (Å²) in [6.07, 6.45) is 56.8. The number of carbonyl (C=O) groups is 4. The monoisotopic (exact) mass is 1440 g/mol. The molecule has 98 heavy (non-hydrogen) atoms. The summed E-state index contributed by atoms with van der Waals surface area (Å²) in [5.74, 6) is 0.208. The maximum atomic E-state index is 13.1. The van der Waals surface area contributed by atoms with Gasteiger partial charge in [-0.1, -0.05) is 357 Å². The molecule has 0 rings (SSSR count). The molecule has 5 atom stereocenters. The fourth-order valence-electron chi connectivity index (χ4n) is 12.1. The summed E-state index contributed by atoms with van der Waals surface area (Å²) in [5.41, 5.74) is 0. The maximum absolute atomic E-state index is 13.1. The summed E-state index contributed by atoms with van der Waals surface area (Å²) < 4.78 is 68.7. The van der Waals surface area contributed by atoms with Crippen LogP contribution in [0.4, 0.5) is 0 Å². The zero-order valence-corrected chi connectivity index (χ0v) is 66.0. The van der Waals surface area contributed by atoms with Crippen molar-refractivity contribution in [3.63, 3.8) is 0 Å². The Morgan fingerprint density at radius 3 is 0.694 bits per heavy atom. The Hall–Kier alpha value is -1.94. The van der Waals surface area contributed by atoms with Crippen molar-refractivity contribution in [2.75, 3.05) is 39.6 Å². The van der Waals surface area contributed by atoms with Gasteiger partial charge in [0.1, 0.15) is 19.3 Å². The van der Waals surface area contributed by atoms with Crippen LogP contribution in [-0.4, -0.2) is 96.7 Å². The van der Waals surface area contributed by atoms with E-state index >= 15 is 0 Å². The maximum Gasteiger partial charge on any atom is 0.472 e. The van der Waals surface area contributed by atoms with E-state index in [2.05, 4.69) is 48.5 Å². The highest BCUT2D eigenvalue weighted by Crippen LogP contribution is 2.45. The number of esters is 4. The quantitative estimate of drug-likeness (QED) is 0.0222. The van der Waals surface area contributed by atoms with E-state index in [1.807, 2.05) is 0 Å². The van der Waals surface area contributed by atoms with Gasteiger partial charge in [-0.3, -0.25) is 37.3 Å². The van der Waals surface area contributed by atoms with Crippen LogP contribution in [0.5, 0.6) is 0 Å². The van der Waals surface area contributed by atoms with Gasteiger partial charge in [0.15, 0.2) is 12.2 Å². The Labute approximate surface area is 600 Å². The van der Waals surface area contributed by atoms with Crippen LogP contribution in [0.1, 0.15) is 408 Å². The zero-order chi connectivity index (χ0) is 72.3. The third-order valence-corrected chi connectivity index (χ3v) is 20.3. The van der Waals surface area contributed by atoms with Gasteiger partial charge < -0.3 is 33.8 Å². The lowest BCUT2D eigenvalue weighted by molar-refractivity contribution is -0.161. The molecule has 0 saturated carbocycles. The van der Waals surface area contributed by atoms with E-state index in [4.69, 9.17) is 37.0 Å². The van der Waals surface area contributed by atoms with Crippen molar-refractivity contribution in [3.8, 4) is 0 Å². The number of phosphoric ester groups is 2. The van der Waals surface area contributed by atoms with E-state index in [9.17, 15) is 43.2 Å². The first-order valence-electron chi connectivity index (χ1n) is 40.8. The molecule has 0 bridgehead atoms. The number of hydrogen-bond donors (Lipinski definition) is 3. The summed E-state index contributed by atoms with van der Waals surface area (Å²) in [6, 6.07) is 0. The molecule has 2 unspecified atom stereocenters. The molecule has 0 aromatic rings. The standard InChI is InChI=1S/C79H154O17P2/c1-8-9-10-11-12-13-14-19-27-32-41-48-55-62-78(83)96-75(67-90-77(82)61-54-47-40-35-34-38-45-52-59-72(6)7)69-94-98(87,88)92-65-73(80)64-91-97(85,86)93-68-74(66-89-76(81)60-53-46-39-31-26-23-18-21-25-30-37-44-51-58-71(4)5)95-79(84)63-56-49-42-33-28-22-17-15-16-20-24-29-36-43-50-57-70(2)3/h70-75,80H,8-69H2,1-7H3,(H,85,86)(H,87,88)/t73-,74-,75-/m1/s1. The number of aliphatic hydroxyl groups excluding tert-OH is 1. The van der Waals surface area contributed by atoms with E-state index < -0.39 is 97.5 Å².